The number of carbonyl (C=O) groups is 1. The van der Waals surface area contributed by atoms with Gasteiger partial charge in [0.25, 0.3) is 0 Å². The molecule has 2 aromatic rings. The molecule has 1 atom stereocenters. The van der Waals surface area contributed by atoms with Crippen LogP contribution in [-0.2, 0) is 16.1 Å². The number of piperidine rings is 1. The van der Waals surface area contributed by atoms with Gasteiger partial charge in [0.1, 0.15) is 11.6 Å². The van der Waals surface area contributed by atoms with Crippen LogP contribution in [0.5, 0.6) is 0 Å². The SMILES string of the molecule is CC(C)(C)OC(=O)C1CCCCN1Cc1ccc(-c2nn[nH]n2)cn1. The molecule has 8 heteroatoms. The molecule has 2 aromatic heterocycles. The van der Waals surface area contributed by atoms with Gasteiger partial charge in [-0.05, 0) is 57.5 Å². The highest BCUT2D eigenvalue weighted by molar-refractivity contribution is 5.76. The first-order chi connectivity index (χ1) is 11.9. The topological polar surface area (TPSA) is 96.9 Å². The van der Waals surface area contributed by atoms with Crippen LogP contribution >= 0.6 is 0 Å². The molecule has 1 fully saturated rings. The molecule has 0 saturated carbocycles. The van der Waals surface area contributed by atoms with E-state index in [9.17, 15) is 4.79 Å². The molecule has 25 heavy (non-hydrogen) atoms. The van der Waals surface area contributed by atoms with Gasteiger partial charge in [0.2, 0.25) is 5.82 Å². The average molecular weight is 344 g/mol. The number of aromatic nitrogens is 5. The maximum Gasteiger partial charge on any atom is 0.323 e. The van der Waals surface area contributed by atoms with Crippen LogP contribution in [-0.4, -0.2) is 54.7 Å². The number of likely N-dealkylation sites (tertiary alicyclic amines) is 1. The largest absolute Gasteiger partial charge is 0.459 e. The predicted molar refractivity (Wildman–Crippen MR) is 91.3 cm³/mol. The van der Waals surface area contributed by atoms with E-state index in [0.717, 1.165) is 37.1 Å². The van der Waals surface area contributed by atoms with Gasteiger partial charge < -0.3 is 4.74 Å². The van der Waals surface area contributed by atoms with Crippen molar-refractivity contribution in [3.05, 3.63) is 24.0 Å². The van der Waals surface area contributed by atoms with Gasteiger partial charge in [-0.3, -0.25) is 14.7 Å². The Morgan fingerprint density at radius 3 is 2.84 bits per heavy atom. The van der Waals surface area contributed by atoms with Gasteiger partial charge in [-0.25, -0.2) is 0 Å². The predicted octanol–water partition coefficient (Wildman–Crippen LogP) is 1.96. The lowest BCUT2D eigenvalue weighted by Crippen LogP contribution is -2.46. The standard InChI is InChI=1S/C17H24N6O2/c1-17(2,3)25-16(24)14-6-4-5-9-23(14)11-13-8-7-12(10-18-13)15-19-21-22-20-15/h7-8,10,14H,4-6,9,11H2,1-3H3,(H,19,20,21,22). The number of nitrogens with zero attached hydrogens (tertiary/aromatic N) is 5. The number of H-pyrrole nitrogens is 1. The van der Waals surface area contributed by atoms with Crippen molar-refractivity contribution in [3.8, 4) is 11.4 Å². The van der Waals surface area contributed by atoms with Gasteiger partial charge in [-0.1, -0.05) is 6.42 Å². The van der Waals surface area contributed by atoms with Crippen molar-refractivity contribution in [1.29, 1.82) is 0 Å². The number of tetrazole rings is 1. The molecule has 0 radical (unpaired) electrons. The summed E-state index contributed by atoms with van der Waals surface area (Å²) in [7, 11) is 0. The van der Waals surface area contributed by atoms with Crippen molar-refractivity contribution in [2.24, 2.45) is 0 Å². The van der Waals surface area contributed by atoms with Gasteiger partial charge in [0, 0.05) is 18.3 Å². The summed E-state index contributed by atoms with van der Waals surface area (Å²) in [6.07, 6.45) is 4.69. The molecule has 1 saturated heterocycles. The molecular weight excluding hydrogens is 320 g/mol. The van der Waals surface area contributed by atoms with Gasteiger partial charge in [0.15, 0.2) is 0 Å². The second-order valence-corrected chi connectivity index (χ2v) is 7.29. The number of pyridine rings is 1. The molecule has 0 spiro atoms. The molecule has 134 valence electrons. The Balaban J connectivity index is 1.68. The number of rotatable bonds is 4. The van der Waals surface area contributed by atoms with Crippen LogP contribution in [0, 0.1) is 0 Å². The fourth-order valence-corrected chi connectivity index (χ4v) is 2.96. The van der Waals surface area contributed by atoms with Gasteiger partial charge in [-0.2, -0.15) is 5.21 Å². The molecule has 3 heterocycles. The van der Waals surface area contributed by atoms with E-state index in [1.165, 1.54) is 0 Å². The summed E-state index contributed by atoms with van der Waals surface area (Å²) in [5.41, 5.74) is 1.24. The molecular formula is C17H24N6O2. The molecule has 8 nitrogen and oxygen atoms in total. The highest BCUT2D eigenvalue weighted by Gasteiger charge is 2.32. The van der Waals surface area contributed by atoms with Gasteiger partial charge >= 0.3 is 5.97 Å². The molecule has 3 rings (SSSR count). The van der Waals surface area contributed by atoms with Crippen molar-refractivity contribution < 1.29 is 9.53 Å². The third-order valence-corrected chi connectivity index (χ3v) is 4.09. The third kappa shape index (κ3) is 4.60. The number of ether oxygens (including phenoxy) is 1. The second-order valence-electron chi connectivity index (χ2n) is 7.29. The van der Waals surface area contributed by atoms with E-state index in [0.29, 0.717) is 12.4 Å². The molecule has 1 aliphatic heterocycles. The summed E-state index contributed by atoms with van der Waals surface area (Å²) < 4.78 is 5.59. The van der Waals surface area contributed by atoms with Crippen LogP contribution in [0.1, 0.15) is 45.7 Å². The van der Waals surface area contributed by atoms with Crippen molar-refractivity contribution in [1.82, 2.24) is 30.5 Å². The fourth-order valence-electron chi connectivity index (χ4n) is 2.96. The van der Waals surface area contributed by atoms with Crippen LogP contribution in [0.15, 0.2) is 18.3 Å². The molecule has 0 amide bonds. The first-order valence-electron chi connectivity index (χ1n) is 8.58. The Bertz CT molecular complexity index is 693. The summed E-state index contributed by atoms with van der Waals surface area (Å²) >= 11 is 0. The van der Waals surface area contributed by atoms with Crippen molar-refractivity contribution in [3.63, 3.8) is 0 Å². The molecule has 0 aromatic carbocycles. The maximum absolute atomic E-state index is 12.5. The van der Waals surface area contributed by atoms with E-state index in [4.69, 9.17) is 4.74 Å². The van der Waals surface area contributed by atoms with E-state index in [1.807, 2.05) is 32.9 Å². The number of nitrogens with one attached hydrogen (secondary N) is 1. The summed E-state index contributed by atoms with van der Waals surface area (Å²) in [5, 5.41) is 13.9. The Kier molecular flexibility index (Phi) is 5.08. The first-order valence-corrected chi connectivity index (χ1v) is 8.58. The molecule has 1 aliphatic rings. The lowest BCUT2D eigenvalue weighted by atomic mass is 10.0. The molecule has 1 N–H and O–H groups in total. The number of esters is 1. The van der Waals surface area contributed by atoms with Crippen LogP contribution in [0.25, 0.3) is 11.4 Å². The van der Waals surface area contributed by atoms with Gasteiger partial charge in [0.05, 0.1) is 5.69 Å². The summed E-state index contributed by atoms with van der Waals surface area (Å²) in [4.78, 5) is 19.2. The number of hydrogen-bond acceptors (Lipinski definition) is 7. The highest BCUT2D eigenvalue weighted by atomic mass is 16.6. The van der Waals surface area contributed by atoms with Crippen molar-refractivity contribution >= 4 is 5.97 Å². The van der Waals surface area contributed by atoms with Crippen molar-refractivity contribution in [2.45, 2.75) is 58.2 Å². The minimum atomic E-state index is -0.468. The van der Waals surface area contributed by atoms with E-state index in [1.54, 1.807) is 6.20 Å². The van der Waals surface area contributed by atoms with Crippen molar-refractivity contribution in [2.75, 3.05) is 6.54 Å². The monoisotopic (exact) mass is 344 g/mol. The van der Waals surface area contributed by atoms with Crippen LogP contribution < -0.4 is 0 Å². The summed E-state index contributed by atoms with van der Waals surface area (Å²) in [5.74, 6) is 0.374. The zero-order chi connectivity index (χ0) is 17.9. The van der Waals surface area contributed by atoms with E-state index < -0.39 is 5.60 Å². The van der Waals surface area contributed by atoms with Gasteiger partial charge in [-0.15, -0.1) is 10.2 Å². The van der Waals surface area contributed by atoms with E-state index >= 15 is 0 Å². The van der Waals surface area contributed by atoms with Crippen LogP contribution in [0.4, 0.5) is 0 Å². The zero-order valence-electron chi connectivity index (χ0n) is 14.9. The maximum atomic E-state index is 12.5. The fraction of sp³-hybridized carbons (Fsp3) is 0.588. The molecule has 1 unspecified atom stereocenters. The minimum Gasteiger partial charge on any atom is -0.459 e. The lowest BCUT2D eigenvalue weighted by Gasteiger charge is -2.35. The minimum absolute atomic E-state index is 0.143. The smallest absolute Gasteiger partial charge is 0.323 e. The lowest BCUT2D eigenvalue weighted by molar-refractivity contribution is -0.163. The summed E-state index contributed by atoms with van der Waals surface area (Å²) in [6, 6.07) is 3.65. The number of carbonyl (C=O) groups excluding carboxylic acids is 1. The highest BCUT2D eigenvalue weighted by Crippen LogP contribution is 2.23. The number of hydrogen-bond donors (Lipinski definition) is 1. The summed E-state index contributed by atoms with van der Waals surface area (Å²) in [6.45, 7) is 7.19. The third-order valence-electron chi connectivity index (χ3n) is 4.09. The quantitative estimate of drug-likeness (QED) is 0.847. The Morgan fingerprint density at radius 1 is 1.36 bits per heavy atom. The molecule has 0 aliphatic carbocycles. The van der Waals surface area contributed by atoms with E-state index in [-0.39, 0.29) is 12.0 Å². The molecule has 0 bridgehead atoms. The Morgan fingerprint density at radius 2 is 2.20 bits per heavy atom. The van der Waals surface area contributed by atoms with E-state index in [2.05, 4.69) is 30.5 Å². The Labute approximate surface area is 147 Å². The zero-order valence-corrected chi connectivity index (χ0v) is 14.9. The Hall–Kier alpha value is -2.35. The normalized spacial score (nSPS) is 18.9. The second kappa shape index (κ2) is 7.26. The van der Waals surface area contributed by atoms with Crippen LogP contribution in [0.2, 0.25) is 0 Å². The first kappa shape index (κ1) is 17.5. The van der Waals surface area contributed by atoms with Crippen LogP contribution in [0.3, 0.4) is 0 Å². The average Bonchev–Trinajstić information content (AvgIpc) is 3.09. The number of aromatic amines is 1.